The van der Waals surface area contributed by atoms with E-state index in [1.54, 1.807) is 12.3 Å². The summed E-state index contributed by atoms with van der Waals surface area (Å²) in [4.78, 5) is 17.8. The highest BCUT2D eigenvalue weighted by Crippen LogP contribution is 2.16. The number of anilines is 1. The lowest BCUT2D eigenvalue weighted by Crippen LogP contribution is -2.14. The van der Waals surface area contributed by atoms with Crippen molar-refractivity contribution >= 4 is 22.4 Å². The smallest absolute Gasteiger partial charge is 0.357 e. The Morgan fingerprint density at radius 1 is 1.50 bits per heavy atom. The molecular formula is C12H21N3O2S. The monoisotopic (exact) mass is 271 g/mol. The van der Waals surface area contributed by atoms with Crippen molar-refractivity contribution in [3.05, 3.63) is 11.1 Å². The maximum absolute atomic E-state index is 11.4. The fraction of sp³-hybridized carbons (Fsp3) is 0.667. The largest absolute Gasteiger partial charge is 0.461 e. The second-order valence-electron chi connectivity index (χ2n) is 4.20. The van der Waals surface area contributed by atoms with Gasteiger partial charge < -0.3 is 15.0 Å². The first-order valence-corrected chi connectivity index (χ1v) is 7.02. The van der Waals surface area contributed by atoms with Crippen molar-refractivity contribution in [3.8, 4) is 0 Å². The number of carbonyl (C=O) groups is 1. The summed E-state index contributed by atoms with van der Waals surface area (Å²) >= 11 is 1.43. The van der Waals surface area contributed by atoms with Crippen LogP contribution in [0.2, 0.25) is 0 Å². The maximum Gasteiger partial charge on any atom is 0.357 e. The summed E-state index contributed by atoms with van der Waals surface area (Å²) in [6, 6.07) is 0. The fourth-order valence-electron chi connectivity index (χ4n) is 1.40. The third kappa shape index (κ3) is 5.46. The molecular weight excluding hydrogens is 250 g/mol. The van der Waals surface area contributed by atoms with Crippen LogP contribution in [0.25, 0.3) is 0 Å². The molecule has 0 saturated carbocycles. The number of esters is 1. The van der Waals surface area contributed by atoms with Gasteiger partial charge in [0.1, 0.15) is 0 Å². The van der Waals surface area contributed by atoms with E-state index >= 15 is 0 Å². The zero-order chi connectivity index (χ0) is 13.4. The van der Waals surface area contributed by atoms with Crippen molar-refractivity contribution in [1.29, 1.82) is 0 Å². The summed E-state index contributed by atoms with van der Waals surface area (Å²) in [7, 11) is 4.14. The zero-order valence-corrected chi connectivity index (χ0v) is 12.0. The molecule has 1 N–H and O–H groups in total. The molecule has 0 radical (unpaired) electrons. The van der Waals surface area contributed by atoms with Crippen LogP contribution < -0.4 is 5.32 Å². The molecule has 0 amide bonds. The summed E-state index contributed by atoms with van der Waals surface area (Å²) in [5.74, 6) is -0.352. The highest BCUT2D eigenvalue weighted by atomic mass is 32.1. The molecule has 0 bridgehead atoms. The molecule has 0 spiro atoms. The molecule has 0 unspecified atom stereocenters. The normalized spacial score (nSPS) is 10.7. The minimum Gasteiger partial charge on any atom is -0.461 e. The topological polar surface area (TPSA) is 54.5 Å². The van der Waals surface area contributed by atoms with Crippen molar-refractivity contribution in [3.63, 3.8) is 0 Å². The van der Waals surface area contributed by atoms with Gasteiger partial charge in [-0.1, -0.05) is 0 Å². The van der Waals surface area contributed by atoms with Crippen molar-refractivity contribution in [2.45, 2.75) is 19.8 Å². The van der Waals surface area contributed by atoms with Crippen LogP contribution in [0.15, 0.2) is 5.38 Å². The lowest BCUT2D eigenvalue weighted by molar-refractivity contribution is 0.0520. The highest BCUT2D eigenvalue weighted by Gasteiger charge is 2.10. The molecule has 0 aliphatic carbocycles. The average Bonchev–Trinajstić information content (AvgIpc) is 2.77. The molecule has 0 aliphatic rings. The van der Waals surface area contributed by atoms with Gasteiger partial charge in [0.25, 0.3) is 0 Å². The molecule has 1 aromatic rings. The van der Waals surface area contributed by atoms with E-state index in [1.165, 1.54) is 11.3 Å². The first-order chi connectivity index (χ1) is 8.63. The number of carbonyl (C=O) groups excluding carboxylic acids is 1. The van der Waals surface area contributed by atoms with Crippen LogP contribution in [-0.4, -0.2) is 49.6 Å². The van der Waals surface area contributed by atoms with E-state index in [4.69, 9.17) is 4.74 Å². The number of nitrogens with one attached hydrogen (secondary N) is 1. The van der Waals surface area contributed by atoms with Gasteiger partial charge in [-0.3, -0.25) is 0 Å². The standard InChI is InChI=1S/C12H21N3O2S/c1-4-17-11(16)10-9-18-12(14-10)13-7-5-6-8-15(2)3/h9H,4-8H2,1-3H3,(H,13,14). The van der Waals surface area contributed by atoms with E-state index < -0.39 is 0 Å². The molecule has 1 heterocycles. The molecule has 0 aliphatic heterocycles. The van der Waals surface area contributed by atoms with Gasteiger partial charge in [0.2, 0.25) is 0 Å². The van der Waals surface area contributed by atoms with Crippen molar-refractivity contribution in [2.24, 2.45) is 0 Å². The average molecular weight is 271 g/mol. The number of hydrogen-bond donors (Lipinski definition) is 1. The Bertz CT molecular complexity index is 366. The van der Waals surface area contributed by atoms with Crippen molar-refractivity contribution in [2.75, 3.05) is 39.1 Å². The minimum atomic E-state index is -0.352. The van der Waals surface area contributed by atoms with Crippen LogP contribution in [-0.2, 0) is 4.74 Å². The first kappa shape index (κ1) is 14.9. The van der Waals surface area contributed by atoms with E-state index in [9.17, 15) is 4.79 Å². The third-order valence-electron chi connectivity index (χ3n) is 2.30. The van der Waals surface area contributed by atoms with Crippen LogP contribution in [0.4, 0.5) is 5.13 Å². The molecule has 18 heavy (non-hydrogen) atoms. The predicted octanol–water partition coefficient (Wildman–Crippen LogP) is 2.07. The number of unbranched alkanes of at least 4 members (excludes halogenated alkanes) is 1. The number of ether oxygens (including phenoxy) is 1. The number of rotatable bonds is 8. The Kier molecular flexibility index (Phi) is 6.67. The van der Waals surface area contributed by atoms with Gasteiger partial charge in [0.05, 0.1) is 6.61 Å². The quantitative estimate of drug-likeness (QED) is 0.579. The van der Waals surface area contributed by atoms with E-state index in [0.29, 0.717) is 12.3 Å². The Hall–Kier alpha value is -1.14. The molecule has 6 heteroatoms. The molecule has 5 nitrogen and oxygen atoms in total. The summed E-state index contributed by atoms with van der Waals surface area (Å²) < 4.78 is 4.88. The SMILES string of the molecule is CCOC(=O)c1csc(NCCCCN(C)C)n1. The molecule has 102 valence electrons. The summed E-state index contributed by atoms with van der Waals surface area (Å²) in [6.07, 6.45) is 2.24. The van der Waals surface area contributed by atoms with Crippen LogP contribution in [0.1, 0.15) is 30.3 Å². The number of thiazole rings is 1. The lowest BCUT2D eigenvalue weighted by atomic mass is 10.3. The van der Waals surface area contributed by atoms with Crippen LogP contribution in [0, 0.1) is 0 Å². The van der Waals surface area contributed by atoms with Gasteiger partial charge in [-0.05, 0) is 40.4 Å². The number of hydrogen-bond acceptors (Lipinski definition) is 6. The Balaban J connectivity index is 2.25. The Labute approximate surface area is 112 Å². The molecule has 0 fully saturated rings. The van der Waals surface area contributed by atoms with Gasteiger partial charge in [0.15, 0.2) is 10.8 Å². The Morgan fingerprint density at radius 2 is 2.28 bits per heavy atom. The summed E-state index contributed by atoms with van der Waals surface area (Å²) in [5.41, 5.74) is 0.387. The Morgan fingerprint density at radius 3 is 2.94 bits per heavy atom. The van der Waals surface area contributed by atoms with Gasteiger partial charge >= 0.3 is 5.97 Å². The van der Waals surface area contributed by atoms with E-state index in [2.05, 4.69) is 29.3 Å². The van der Waals surface area contributed by atoms with E-state index in [1.807, 2.05) is 0 Å². The molecule has 0 atom stereocenters. The predicted molar refractivity (Wildman–Crippen MR) is 74.3 cm³/mol. The van der Waals surface area contributed by atoms with Gasteiger partial charge in [0, 0.05) is 11.9 Å². The fourth-order valence-corrected chi connectivity index (χ4v) is 2.11. The molecule has 0 saturated heterocycles. The second kappa shape index (κ2) is 8.05. The molecule has 1 rings (SSSR count). The van der Waals surface area contributed by atoms with Crippen LogP contribution in [0.5, 0.6) is 0 Å². The van der Waals surface area contributed by atoms with Crippen LogP contribution in [0.3, 0.4) is 0 Å². The van der Waals surface area contributed by atoms with E-state index in [-0.39, 0.29) is 5.97 Å². The van der Waals surface area contributed by atoms with Gasteiger partial charge in [-0.2, -0.15) is 0 Å². The van der Waals surface area contributed by atoms with Crippen molar-refractivity contribution < 1.29 is 9.53 Å². The summed E-state index contributed by atoms with van der Waals surface area (Å²) in [6.45, 7) is 4.13. The summed E-state index contributed by atoms with van der Waals surface area (Å²) in [5, 5.41) is 5.72. The lowest BCUT2D eigenvalue weighted by Gasteiger charge is -2.08. The number of aromatic nitrogens is 1. The zero-order valence-electron chi connectivity index (χ0n) is 11.2. The van der Waals surface area contributed by atoms with Gasteiger partial charge in [-0.25, -0.2) is 9.78 Å². The minimum absolute atomic E-state index is 0.352. The van der Waals surface area contributed by atoms with Crippen molar-refractivity contribution in [1.82, 2.24) is 9.88 Å². The molecule has 0 aromatic carbocycles. The van der Waals surface area contributed by atoms with E-state index in [0.717, 1.165) is 31.1 Å². The first-order valence-electron chi connectivity index (χ1n) is 6.14. The second-order valence-corrected chi connectivity index (χ2v) is 5.05. The maximum atomic E-state index is 11.4. The molecule has 1 aromatic heterocycles. The van der Waals surface area contributed by atoms with Crippen LogP contribution >= 0.6 is 11.3 Å². The van der Waals surface area contributed by atoms with Gasteiger partial charge in [-0.15, -0.1) is 11.3 Å². The third-order valence-corrected chi connectivity index (χ3v) is 3.10. The number of nitrogens with zero attached hydrogens (tertiary/aromatic N) is 2. The highest BCUT2D eigenvalue weighted by molar-refractivity contribution is 7.13.